The van der Waals surface area contributed by atoms with Gasteiger partial charge in [-0.15, -0.1) is 0 Å². The second kappa shape index (κ2) is 9.47. The van der Waals surface area contributed by atoms with E-state index in [4.69, 9.17) is 0 Å². The normalized spacial score (nSPS) is 10.7. The number of halogens is 1. The van der Waals surface area contributed by atoms with Crippen LogP contribution in [0.3, 0.4) is 0 Å². The van der Waals surface area contributed by atoms with Crippen LogP contribution in [-0.2, 0) is 13.1 Å². The largest absolute Gasteiger partial charge is 0.378 e. The minimum atomic E-state index is -0.344. The van der Waals surface area contributed by atoms with Gasteiger partial charge in [-0.2, -0.15) is 0 Å². The summed E-state index contributed by atoms with van der Waals surface area (Å²) in [5, 5.41) is 0. The van der Waals surface area contributed by atoms with Crippen molar-refractivity contribution in [3.63, 3.8) is 0 Å². The number of rotatable bonds is 7. The average Bonchev–Trinajstić information content (AvgIpc) is 3.27. The highest BCUT2D eigenvalue weighted by Gasteiger charge is 2.21. The van der Waals surface area contributed by atoms with Crippen LogP contribution in [0, 0.1) is 5.82 Å². The van der Waals surface area contributed by atoms with Gasteiger partial charge in [-0.3, -0.25) is 4.79 Å². The number of anilines is 2. The van der Waals surface area contributed by atoms with E-state index in [0.717, 1.165) is 16.8 Å². The number of carbonyl (C=O) groups excluding carboxylic acids is 1. The van der Waals surface area contributed by atoms with Gasteiger partial charge in [0, 0.05) is 38.2 Å². The molecule has 4 rings (SSSR count). The summed E-state index contributed by atoms with van der Waals surface area (Å²) in [6, 6.07) is 24.0. The predicted octanol–water partition coefficient (Wildman–Crippen LogP) is 4.98. The fraction of sp³-hybridized carbons (Fsp3) is 0.154. The van der Waals surface area contributed by atoms with Crippen LogP contribution in [0.4, 0.5) is 15.8 Å². The van der Waals surface area contributed by atoms with Crippen LogP contribution in [0.15, 0.2) is 91.4 Å². The Hall–Kier alpha value is -3.93. The van der Waals surface area contributed by atoms with Crippen molar-refractivity contribution in [2.45, 2.75) is 13.1 Å². The smallest absolute Gasteiger partial charge is 0.278 e. The molecule has 1 amide bonds. The minimum Gasteiger partial charge on any atom is -0.378 e. The SMILES string of the molecule is CN(C)c1ccc(CN(C(=O)c2cn(Cc3ccccc3)cn2)c2ccc(F)cc2)cc1. The second-order valence-electron chi connectivity index (χ2n) is 7.85. The van der Waals surface area contributed by atoms with Gasteiger partial charge >= 0.3 is 0 Å². The molecule has 0 radical (unpaired) electrons. The van der Waals surface area contributed by atoms with Crippen LogP contribution in [0.25, 0.3) is 0 Å². The Balaban J connectivity index is 1.59. The number of imidazole rings is 1. The number of nitrogens with zero attached hydrogens (tertiary/aromatic N) is 4. The summed E-state index contributed by atoms with van der Waals surface area (Å²) < 4.78 is 15.4. The molecule has 0 unspecified atom stereocenters. The quantitative estimate of drug-likeness (QED) is 0.417. The Bertz CT molecular complexity index is 1170. The molecule has 0 aliphatic carbocycles. The number of hydrogen-bond donors (Lipinski definition) is 0. The van der Waals surface area contributed by atoms with E-state index < -0.39 is 0 Å². The van der Waals surface area contributed by atoms with E-state index in [1.165, 1.54) is 12.1 Å². The zero-order chi connectivity index (χ0) is 22.5. The van der Waals surface area contributed by atoms with Crippen molar-refractivity contribution >= 4 is 17.3 Å². The minimum absolute atomic E-state index is 0.236. The van der Waals surface area contributed by atoms with E-state index in [-0.39, 0.29) is 11.7 Å². The van der Waals surface area contributed by atoms with Gasteiger partial charge in [-0.05, 0) is 47.5 Å². The van der Waals surface area contributed by atoms with Gasteiger partial charge in [0.1, 0.15) is 11.5 Å². The lowest BCUT2D eigenvalue weighted by atomic mass is 10.1. The Labute approximate surface area is 187 Å². The number of aromatic nitrogens is 2. The van der Waals surface area contributed by atoms with Crippen molar-refractivity contribution in [3.05, 3.63) is 114 Å². The van der Waals surface area contributed by atoms with E-state index in [9.17, 15) is 9.18 Å². The fourth-order valence-electron chi connectivity index (χ4n) is 3.47. The molecule has 0 aliphatic rings. The maximum Gasteiger partial charge on any atom is 0.278 e. The van der Waals surface area contributed by atoms with Crippen molar-refractivity contribution in [2.75, 3.05) is 23.9 Å². The van der Waals surface area contributed by atoms with Crippen LogP contribution in [0.5, 0.6) is 0 Å². The highest BCUT2D eigenvalue weighted by molar-refractivity contribution is 6.04. The molecular formula is C26H25FN4O. The molecular weight excluding hydrogens is 403 g/mol. The molecule has 0 bridgehead atoms. The first-order valence-corrected chi connectivity index (χ1v) is 10.4. The van der Waals surface area contributed by atoms with E-state index in [1.807, 2.05) is 78.2 Å². The van der Waals surface area contributed by atoms with Crippen molar-refractivity contribution in [1.29, 1.82) is 0 Å². The first-order chi connectivity index (χ1) is 15.5. The first kappa shape index (κ1) is 21.3. The fourth-order valence-corrected chi connectivity index (χ4v) is 3.47. The summed E-state index contributed by atoms with van der Waals surface area (Å²) in [5.74, 6) is -0.580. The molecule has 6 heteroatoms. The molecule has 4 aromatic rings. The molecule has 0 fully saturated rings. The Morgan fingerprint density at radius 3 is 2.19 bits per heavy atom. The average molecular weight is 429 g/mol. The predicted molar refractivity (Wildman–Crippen MR) is 125 cm³/mol. The second-order valence-corrected chi connectivity index (χ2v) is 7.85. The van der Waals surface area contributed by atoms with Crippen molar-refractivity contribution in [2.24, 2.45) is 0 Å². The molecule has 0 saturated heterocycles. The molecule has 0 spiro atoms. The van der Waals surface area contributed by atoms with Crippen LogP contribution in [-0.4, -0.2) is 29.6 Å². The van der Waals surface area contributed by atoms with Crippen LogP contribution in [0.2, 0.25) is 0 Å². The number of amides is 1. The topological polar surface area (TPSA) is 41.4 Å². The molecule has 0 atom stereocenters. The molecule has 1 heterocycles. The lowest BCUT2D eigenvalue weighted by Crippen LogP contribution is -2.30. The Kier molecular flexibility index (Phi) is 6.31. The lowest BCUT2D eigenvalue weighted by Gasteiger charge is -2.23. The molecule has 1 aromatic heterocycles. The van der Waals surface area contributed by atoms with E-state index in [0.29, 0.717) is 24.5 Å². The molecule has 5 nitrogen and oxygen atoms in total. The number of hydrogen-bond acceptors (Lipinski definition) is 3. The summed E-state index contributed by atoms with van der Waals surface area (Å²) in [5.41, 5.74) is 4.13. The van der Waals surface area contributed by atoms with Gasteiger partial charge in [-0.1, -0.05) is 42.5 Å². The van der Waals surface area contributed by atoms with Crippen molar-refractivity contribution in [1.82, 2.24) is 9.55 Å². The third-order valence-electron chi connectivity index (χ3n) is 5.24. The summed E-state index contributed by atoms with van der Waals surface area (Å²) in [6.07, 6.45) is 3.41. The summed E-state index contributed by atoms with van der Waals surface area (Å²) in [7, 11) is 3.96. The zero-order valence-corrected chi connectivity index (χ0v) is 18.1. The van der Waals surface area contributed by atoms with Crippen molar-refractivity contribution < 1.29 is 9.18 Å². The highest BCUT2D eigenvalue weighted by atomic mass is 19.1. The molecule has 32 heavy (non-hydrogen) atoms. The number of benzene rings is 3. The number of carbonyl (C=O) groups is 1. The standard InChI is InChI=1S/C26H25FN4O/c1-29(2)23-12-8-21(9-13-23)17-31(24-14-10-22(27)11-15-24)26(32)25-18-30(19-28-25)16-20-6-4-3-5-7-20/h3-15,18-19H,16-17H2,1-2H3. The van der Waals surface area contributed by atoms with E-state index in [1.54, 1.807) is 29.6 Å². The maximum atomic E-state index is 13.5. The Morgan fingerprint density at radius 2 is 1.53 bits per heavy atom. The molecule has 3 aromatic carbocycles. The van der Waals surface area contributed by atoms with Crippen LogP contribution >= 0.6 is 0 Å². The van der Waals surface area contributed by atoms with Gasteiger partial charge in [0.05, 0.1) is 12.9 Å². The van der Waals surface area contributed by atoms with Gasteiger partial charge in [0.15, 0.2) is 0 Å². The molecule has 0 aliphatic heterocycles. The summed E-state index contributed by atoms with van der Waals surface area (Å²) >= 11 is 0. The third-order valence-corrected chi connectivity index (χ3v) is 5.24. The monoisotopic (exact) mass is 428 g/mol. The van der Waals surface area contributed by atoms with Gasteiger partial charge < -0.3 is 14.4 Å². The Morgan fingerprint density at radius 1 is 0.875 bits per heavy atom. The molecule has 0 saturated carbocycles. The van der Waals surface area contributed by atoms with Gasteiger partial charge in [0.25, 0.3) is 5.91 Å². The van der Waals surface area contributed by atoms with Crippen molar-refractivity contribution in [3.8, 4) is 0 Å². The summed E-state index contributed by atoms with van der Waals surface area (Å²) in [4.78, 5) is 21.4. The lowest BCUT2D eigenvalue weighted by molar-refractivity contribution is 0.0980. The first-order valence-electron chi connectivity index (χ1n) is 10.4. The van der Waals surface area contributed by atoms with E-state index in [2.05, 4.69) is 4.98 Å². The van der Waals surface area contributed by atoms with Gasteiger partial charge in [0.2, 0.25) is 0 Å². The van der Waals surface area contributed by atoms with Crippen LogP contribution < -0.4 is 9.80 Å². The molecule has 0 N–H and O–H groups in total. The molecule has 162 valence electrons. The highest BCUT2D eigenvalue weighted by Crippen LogP contribution is 2.22. The summed E-state index contributed by atoms with van der Waals surface area (Å²) in [6.45, 7) is 0.980. The van der Waals surface area contributed by atoms with Crippen LogP contribution in [0.1, 0.15) is 21.6 Å². The maximum absolute atomic E-state index is 13.5. The third kappa shape index (κ3) is 5.03. The van der Waals surface area contributed by atoms with Gasteiger partial charge in [-0.25, -0.2) is 9.37 Å². The van der Waals surface area contributed by atoms with E-state index >= 15 is 0 Å². The zero-order valence-electron chi connectivity index (χ0n) is 18.1.